The minimum atomic E-state index is -0.298. The first-order valence-corrected chi connectivity index (χ1v) is 13.6. The second kappa shape index (κ2) is 12.5. The number of rotatable bonds is 8. The Labute approximate surface area is 229 Å². The number of nitrogens with one attached hydrogen (secondary N) is 2. The number of aromatic nitrogens is 1. The van der Waals surface area contributed by atoms with Gasteiger partial charge in [0.2, 0.25) is 5.91 Å². The number of pyridine rings is 1. The third-order valence-corrected chi connectivity index (χ3v) is 7.39. The Hall–Kier alpha value is -4.33. The minimum absolute atomic E-state index is 0.0137. The molecular weight excluding hydrogens is 490 g/mol. The Bertz CT molecular complexity index is 1270. The highest BCUT2D eigenvalue weighted by Gasteiger charge is 2.27. The van der Waals surface area contributed by atoms with Crippen molar-refractivity contribution in [2.24, 2.45) is 0 Å². The molecule has 0 radical (unpaired) electrons. The van der Waals surface area contributed by atoms with Gasteiger partial charge in [0.15, 0.2) is 0 Å². The van der Waals surface area contributed by atoms with Crippen LogP contribution in [0.1, 0.15) is 37.7 Å². The number of hydrogen-bond donors (Lipinski definition) is 2. The summed E-state index contributed by atoms with van der Waals surface area (Å²) in [4.78, 5) is 33.2. The summed E-state index contributed by atoms with van der Waals surface area (Å²) in [6.45, 7) is 1.63. The summed E-state index contributed by atoms with van der Waals surface area (Å²) in [7, 11) is 1.86. The van der Waals surface area contributed by atoms with Crippen LogP contribution in [0, 0.1) is 0 Å². The van der Waals surface area contributed by atoms with Crippen LogP contribution < -0.4 is 20.3 Å². The first-order chi connectivity index (χ1) is 19.0. The fourth-order valence-electron chi connectivity index (χ4n) is 5.10. The highest BCUT2D eigenvalue weighted by Crippen LogP contribution is 2.26. The van der Waals surface area contributed by atoms with Crippen molar-refractivity contribution < 1.29 is 14.3 Å². The molecule has 39 heavy (non-hydrogen) atoms. The first kappa shape index (κ1) is 26.3. The van der Waals surface area contributed by atoms with Crippen molar-refractivity contribution in [1.82, 2.24) is 9.88 Å². The molecule has 2 aliphatic rings. The molecule has 0 spiro atoms. The van der Waals surface area contributed by atoms with Crippen molar-refractivity contribution in [2.75, 3.05) is 35.7 Å². The van der Waals surface area contributed by atoms with Crippen molar-refractivity contribution in [1.29, 1.82) is 0 Å². The molecule has 8 heteroatoms. The normalized spacial score (nSPS) is 17.4. The van der Waals surface area contributed by atoms with Crippen molar-refractivity contribution in [3.8, 4) is 5.75 Å². The van der Waals surface area contributed by atoms with Crippen molar-refractivity contribution in [3.63, 3.8) is 0 Å². The topological polar surface area (TPSA) is 86.8 Å². The summed E-state index contributed by atoms with van der Waals surface area (Å²) in [6.07, 6.45) is 12.7. The van der Waals surface area contributed by atoms with Gasteiger partial charge in [-0.15, -0.1) is 0 Å². The molecule has 1 aliphatic heterocycles. The smallest absolute Gasteiger partial charge is 0.323 e. The Morgan fingerprint density at radius 1 is 0.923 bits per heavy atom. The highest BCUT2D eigenvalue weighted by molar-refractivity contribution is 5.99. The molecular formula is C31H35N5O3. The summed E-state index contributed by atoms with van der Waals surface area (Å²) >= 11 is 0. The number of likely N-dealkylation sites (N-methyl/N-ethyl adjacent to an activating group) is 1. The molecule has 1 saturated carbocycles. The van der Waals surface area contributed by atoms with E-state index in [1.807, 2.05) is 78.7 Å². The fourth-order valence-corrected chi connectivity index (χ4v) is 5.10. The van der Waals surface area contributed by atoms with Gasteiger partial charge in [-0.25, -0.2) is 4.79 Å². The van der Waals surface area contributed by atoms with Crippen molar-refractivity contribution in [3.05, 3.63) is 84.7 Å². The van der Waals surface area contributed by atoms with Crippen LogP contribution in [-0.2, 0) is 4.79 Å². The fraction of sp³-hybridized carbons (Fsp3) is 0.323. The highest BCUT2D eigenvalue weighted by atomic mass is 16.5. The number of amides is 3. The van der Waals surface area contributed by atoms with Crippen molar-refractivity contribution in [2.45, 2.75) is 44.2 Å². The monoisotopic (exact) mass is 525 g/mol. The molecule has 2 N–H and O–H groups in total. The lowest BCUT2D eigenvalue weighted by molar-refractivity contribution is -0.126. The summed E-state index contributed by atoms with van der Waals surface area (Å²) < 4.78 is 5.99. The summed E-state index contributed by atoms with van der Waals surface area (Å²) in [6, 6.07) is 18.9. The van der Waals surface area contributed by atoms with Gasteiger partial charge in [-0.2, -0.15) is 0 Å². The predicted molar refractivity (Wildman–Crippen MR) is 155 cm³/mol. The molecule has 8 nitrogen and oxygen atoms in total. The molecule has 5 rings (SSSR count). The number of carbonyl (C=O) groups is 2. The number of benzene rings is 2. The molecule has 2 aromatic carbocycles. The van der Waals surface area contributed by atoms with Crippen molar-refractivity contribution >= 4 is 35.1 Å². The Morgan fingerprint density at radius 3 is 2.23 bits per heavy atom. The molecule has 0 bridgehead atoms. The minimum Gasteiger partial charge on any atom is -0.490 e. The van der Waals surface area contributed by atoms with Gasteiger partial charge < -0.3 is 25.2 Å². The van der Waals surface area contributed by atoms with Crippen LogP contribution >= 0.6 is 0 Å². The maximum absolute atomic E-state index is 12.7. The maximum Gasteiger partial charge on any atom is 0.323 e. The van der Waals surface area contributed by atoms with Gasteiger partial charge in [0.1, 0.15) is 5.75 Å². The molecule has 1 aromatic heterocycles. The van der Waals surface area contributed by atoms with Gasteiger partial charge >= 0.3 is 6.03 Å². The van der Waals surface area contributed by atoms with Crippen LogP contribution in [0.3, 0.4) is 0 Å². The number of hydrogen-bond acceptors (Lipinski definition) is 5. The van der Waals surface area contributed by atoms with E-state index >= 15 is 0 Å². The number of anilines is 3. The van der Waals surface area contributed by atoms with Crippen LogP contribution in [0.4, 0.5) is 21.9 Å². The van der Waals surface area contributed by atoms with E-state index in [9.17, 15) is 9.59 Å². The van der Waals surface area contributed by atoms with E-state index in [-0.39, 0.29) is 18.0 Å². The molecule has 3 amide bonds. The van der Waals surface area contributed by atoms with E-state index in [1.165, 1.54) is 12.8 Å². The van der Waals surface area contributed by atoms with Crippen LogP contribution in [0.2, 0.25) is 0 Å². The lowest BCUT2D eigenvalue weighted by Crippen LogP contribution is -2.38. The lowest BCUT2D eigenvalue weighted by Gasteiger charge is -2.24. The molecule has 1 aliphatic carbocycles. The molecule has 1 atom stereocenters. The van der Waals surface area contributed by atoms with Gasteiger partial charge in [0.25, 0.3) is 0 Å². The second-order valence-corrected chi connectivity index (χ2v) is 10.1. The Kier molecular flexibility index (Phi) is 8.41. The Morgan fingerprint density at radius 2 is 1.56 bits per heavy atom. The number of carbonyl (C=O) groups excluding carboxylic acids is 2. The van der Waals surface area contributed by atoms with Crippen LogP contribution in [-0.4, -0.2) is 54.1 Å². The standard InChI is InChI=1S/C31H35N5O3/c1-35(30(37)15-6-23-16-19-32-20-17-23)27-18-21-36(22-27)26-11-7-24(8-12-26)33-31(38)34-25-9-13-29(14-10-25)39-28-4-2-3-5-28/h6-17,19-20,27-28H,2-5,18,21-22H2,1H3,(H2,33,34,38). The number of nitrogens with zero attached hydrogens (tertiary/aromatic N) is 3. The van der Waals surface area contributed by atoms with E-state index in [0.29, 0.717) is 17.5 Å². The van der Waals surface area contributed by atoms with Gasteiger partial charge in [0, 0.05) is 55.7 Å². The third-order valence-electron chi connectivity index (χ3n) is 7.39. The van der Waals surface area contributed by atoms with Gasteiger partial charge in [-0.1, -0.05) is 0 Å². The molecule has 1 unspecified atom stereocenters. The molecule has 3 aromatic rings. The van der Waals surface area contributed by atoms with E-state index in [2.05, 4.69) is 20.5 Å². The molecule has 202 valence electrons. The molecule has 1 saturated heterocycles. The quantitative estimate of drug-likeness (QED) is 0.363. The third kappa shape index (κ3) is 7.16. The summed E-state index contributed by atoms with van der Waals surface area (Å²) in [5.74, 6) is 0.824. The van der Waals surface area contributed by atoms with Gasteiger partial charge in [-0.3, -0.25) is 9.78 Å². The number of ether oxygens (including phenoxy) is 1. The molecule has 2 fully saturated rings. The predicted octanol–water partition coefficient (Wildman–Crippen LogP) is 5.80. The zero-order valence-corrected chi connectivity index (χ0v) is 22.3. The Balaban J connectivity index is 1.08. The second-order valence-electron chi connectivity index (χ2n) is 10.1. The summed E-state index contributed by atoms with van der Waals surface area (Å²) in [5.41, 5.74) is 3.43. The number of urea groups is 1. The molecule has 2 heterocycles. The van der Waals surface area contributed by atoms with E-state index in [1.54, 1.807) is 18.5 Å². The zero-order chi connectivity index (χ0) is 27.0. The van der Waals surface area contributed by atoms with E-state index in [0.717, 1.165) is 49.4 Å². The van der Waals surface area contributed by atoms with Gasteiger partial charge in [0.05, 0.1) is 12.1 Å². The van der Waals surface area contributed by atoms with E-state index < -0.39 is 0 Å². The van der Waals surface area contributed by atoms with Crippen LogP contribution in [0.5, 0.6) is 5.75 Å². The van der Waals surface area contributed by atoms with Gasteiger partial charge in [-0.05, 0) is 104 Å². The lowest BCUT2D eigenvalue weighted by atomic mass is 10.2. The average Bonchev–Trinajstić information content (AvgIpc) is 3.66. The average molecular weight is 526 g/mol. The van der Waals surface area contributed by atoms with E-state index in [4.69, 9.17) is 4.74 Å². The SMILES string of the molecule is CN(C(=O)C=Cc1ccncc1)C1CCN(c2ccc(NC(=O)Nc3ccc(OC4CCCC4)cc3)cc2)C1. The van der Waals surface area contributed by atoms with Crippen LogP contribution in [0.25, 0.3) is 6.08 Å². The summed E-state index contributed by atoms with van der Waals surface area (Å²) in [5, 5.41) is 5.76. The van der Waals surface area contributed by atoms with Crippen LogP contribution in [0.15, 0.2) is 79.1 Å². The largest absolute Gasteiger partial charge is 0.490 e. The maximum atomic E-state index is 12.7. The first-order valence-electron chi connectivity index (χ1n) is 13.6. The zero-order valence-electron chi connectivity index (χ0n) is 22.3.